The molecule has 7 nitrogen and oxygen atoms in total. The molecule has 4 rings (SSSR count). The van der Waals surface area contributed by atoms with Gasteiger partial charge in [-0.1, -0.05) is 53.9 Å². The van der Waals surface area contributed by atoms with E-state index in [4.69, 9.17) is 5.14 Å². The molecule has 1 aromatic heterocycles. The molecule has 9 heteroatoms. The van der Waals surface area contributed by atoms with Crippen LogP contribution in [0, 0.1) is 18.3 Å². The molecule has 2 heterocycles. The summed E-state index contributed by atoms with van der Waals surface area (Å²) in [5.74, 6) is 0.435. The summed E-state index contributed by atoms with van der Waals surface area (Å²) >= 11 is 0. The van der Waals surface area contributed by atoms with Gasteiger partial charge in [-0.25, -0.2) is 22.0 Å². The van der Waals surface area contributed by atoms with Crippen molar-refractivity contribution in [2.45, 2.75) is 115 Å². The third-order valence-electron chi connectivity index (χ3n) is 8.28. The van der Waals surface area contributed by atoms with Gasteiger partial charge in [-0.2, -0.15) is 4.31 Å². The van der Waals surface area contributed by atoms with Gasteiger partial charge in [0.15, 0.2) is 0 Å². The van der Waals surface area contributed by atoms with Gasteiger partial charge in [0.05, 0.1) is 10.4 Å². The molecule has 0 atom stereocenters. The lowest BCUT2D eigenvalue weighted by molar-refractivity contribution is 0.181. The van der Waals surface area contributed by atoms with Gasteiger partial charge >= 0.3 is 0 Å². The first-order chi connectivity index (χ1) is 17.4. The SMILES string of the molecule is Cc1c(S(N)(=O)=O)cc(-c2cc(C(C)C)c3c(c2)C(C)(C)N(CC(C)(C)C)S3(=O)=O)n1CC1CCCCC1. The molecule has 2 aromatic rings. The average Bonchev–Trinajstić information content (AvgIpc) is 3.19. The second kappa shape index (κ2) is 9.75. The standard InChI is InChI=1S/C29H45N3O4S2/c1-19(2)23-14-22(15-24-27(23)38(35,36)32(29(24,7)8)18-28(4,5)6)25-16-26(37(30,33)34)20(3)31(25)17-21-12-10-9-11-13-21/h14-16,19,21H,9-13,17-18H2,1-8H3,(H2,30,33,34). The van der Waals surface area contributed by atoms with Crippen LogP contribution in [0.5, 0.6) is 0 Å². The van der Waals surface area contributed by atoms with Crippen LogP contribution in [0.4, 0.5) is 0 Å². The van der Waals surface area contributed by atoms with Crippen molar-refractivity contribution in [3.8, 4) is 11.3 Å². The van der Waals surface area contributed by atoms with Gasteiger partial charge in [0.2, 0.25) is 20.0 Å². The zero-order chi connectivity index (χ0) is 28.4. The third kappa shape index (κ3) is 5.23. The fourth-order valence-corrected chi connectivity index (χ4v) is 9.69. The van der Waals surface area contributed by atoms with Gasteiger partial charge in [-0.05, 0) is 85.8 Å². The number of fused-ring (bicyclic) bond motifs is 1. The molecule has 1 saturated carbocycles. The summed E-state index contributed by atoms with van der Waals surface area (Å²) in [7, 11) is -7.63. The van der Waals surface area contributed by atoms with E-state index in [0.717, 1.165) is 41.8 Å². The topological polar surface area (TPSA) is 102 Å². The number of rotatable bonds is 6. The van der Waals surface area contributed by atoms with E-state index in [9.17, 15) is 16.8 Å². The maximum Gasteiger partial charge on any atom is 0.244 e. The number of hydrogen-bond donors (Lipinski definition) is 1. The van der Waals surface area contributed by atoms with Crippen LogP contribution in [-0.4, -0.2) is 32.3 Å². The summed E-state index contributed by atoms with van der Waals surface area (Å²) in [5.41, 5.74) is 2.82. The van der Waals surface area contributed by atoms with E-state index in [0.29, 0.717) is 23.1 Å². The Balaban J connectivity index is 1.97. The average molecular weight is 564 g/mol. The van der Waals surface area contributed by atoms with Crippen molar-refractivity contribution in [1.29, 1.82) is 0 Å². The Morgan fingerprint density at radius 3 is 2.21 bits per heavy atom. The lowest BCUT2D eigenvalue weighted by Crippen LogP contribution is -2.43. The van der Waals surface area contributed by atoms with Crippen molar-refractivity contribution in [2.75, 3.05) is 6.54 Å². The van der Waals surface area contributed by atoms with Gasteiger partial charge in [-0.3, -0.25) is 0 Å². The molecule has 0 radical (unpaired) electrons. The summed E-state index contributed by atoms with van der Waals surface area (Å²) in [6, 6.07) is 5.61. The number of benzene rings is 1. The van der Waals surface area contributed by atoms with Gasteiger partial charge in [0.25, 0.3) is 0 Å². The highest BCUT2D eigenvalue weighted by atomic mass is 32.2. The van der Waals surface area contributed by atoms with Crippen LogP contribution in [0.2, 0.25) is 0 Å². The maximum atomic E-state index is 14.0. The molecular formula is C29H45N3O4S2. The van der Waals surface area contributed by atoms with Crippen molar-refractivity contribution in [1.82, 2.24) is 8.87 Å². The van der Waals surface area contributed by atoms with E-state index in [2.05, 4.69) is 4.57 Å². The molecule has 0 unspecified atom stereocenters. The summed E-state index contributed by atoms with van der Waals surface area (Å²) in [6.07, 6.45) is 5.86. The van der Waals surface area contributed by atoms with E-state index in [1.807, 2.05) is 67.5 Å². The quantitative estimate of drug-likeness (QED) is 0.459. The summed E-state index contributed by atoms with van der Waals surface area (Å²) in [5, 5.41) is 5.65. The van der Waals surface area contributed by atoms with E-state index in [1.54, 1.807) is 10.4 Å². The monoisotopic (exact) mass is 563 g/mol. The number of nitrogens with two attached hydrogens (primary N) is 1. The second-order valence-electron chi connectivity index (χ2n) is 13.4. The summed E-state index contributed by atoms with van der Waals surface area (Å²) in [4.78, 5) is 0.537. The van der Waals surface area contributed by atoms with E-state index < -0.39 is 25.6 Å². The molecule has 2 aliphatic rings. The zero-order valence-corrected chi connectivity index (χ0v) is 25.9. The smallest absolute Gasteiger partial charge is 0.244 e. The van der Waals surface area contributed by atoms with Gasteiger partial charge in [0, 0.05) is 24.5 Å². The Bertz CT molecular complexity index is 1440. The Morgan fingerprint density at radius 2 is 1.68 bits per heavy atom. The fourth-order valence-electron chi connectivity index (χ4n) is 6.24. The van der Waals surface area contributed by atoms with Crippen LogP contribution in [0.15, 0.2) is 28.0 Å². The summed E-state index contributed by atoms with van der Waals surface area (Å²) in [6.45, 7) is 17.1. The van der Waals surface area contributed by atoms with Crippen LogP contribution in [0.25, 0.3) is 11.3 Å². The Morgan fingerprint density at radius 1 is 1.08 bits per heavy atom. The first-order valence-corrected chi connectivity index (χ1v) is 16.8. The highest BCUT2D eigenvalue weighted by Gasteiger charge is 2.51. The largest absolute Gasteiger partial charge is 0.343 e. The summed E-state index contributed by atoms with van der Waals surface area (Å²) < 4.78 is 56.8. The molecule has 1 aliphatic carbocycles. The zero-order valence-electron chi connectivity index (χ0n) is 24.3. The molecule has 212 valence electrons. The molecule has 38 heavy (non-hydrogen) atoms. The molecular weight excluding hydrogens is 518 g/mol. The lowest BCUT2D eigenvalue weighted by Gasteiger charge is -2.35. The molecule has 0 spiro atoms. The van der Waals surface area contributed by atoms with Crippen LogP contribution in [-0.2, 0) is 32.1 Å². The molecule has 1 aliphatic heterocycles. The van der Waals surface area contributed by atoms with Crippen molar-refractivity contribution >= 4 is 20.0 Å². The maximum absolute atomic E-state index is 14.0. The number of aromatic nitrogens is 1. The van der Waals surface area contributed by atoms with Gasteiger partial charge in [-0.15, -0.1) is 0 Å². The minimum Gasteiger partial charge on any atom is -0.343 e. The van der Waals surface area contributed by atoms with Crippen molar-refractivity contribution in [3.05, 3.63) is 35.0 Å². The van der Waals surface area contributed by atoms with Crippen LogP contribution in [0.1, 0.15) is 103 Å². The number of nitrogens with zero attached hydrogens (tertiary/aromatic N) is 2. The van der Waals surface area contributed by atoms with Gasteiger partial charge < -0.3 is 4.57 Å². The van der Waals surface area contributed by atoms with E-state index >= 15 is 0 Å². The highest BCUT2D eigenvalue weighted by Crippen LogP contribution is 2.49. The highest BCUT2D eigenvalue weighted by molar-refractivity contribution is 7.89. The molecule has 2 N–H and O–H groups in total. The Kier molecular flexibility index (Phi) is 7.52. The van der Waals surface area contributed by atoms with E-state index in [1.165, 1.54) is 19.3 Å². The predicted molar refractivity (Wildman–Crippen MR) is 153 cm³/mol. The minimum atomic E-state index is -3.92. The van der Waals surface area contributed by atoms with Crippen molar-refractivity contribution in [2.24, 2.45) is 16.5 Å². The van der Waals surface area contributed by atoms with Crippen LogP contribution in [0.3, 0.4) is 0 Å². The first-order valence-electron chi connectivity index (χ1n) is 13.8. The molecule has 0 bridgehead atoms. The molecule has 0 saturated heterocycles. The first kappa shape index (κ1) is 29.3. The second-order valence-corrected chi connectivity index (χ2v) is 16.7. The van der Waals surface area contributed by atoms with Crippen molar-refractivity contribution in [3.63, 3.8) is 0 Å². The number of primary sulfonamides is 1. The van der Waals surface area contributed by atoms with Crippen molar-refractivity contribution < 1.29 is 16.8 Å². The normalized spacial score (nSPS) is 20.3. The minimum absolute atomic E-state index is 0.0376. The van der Waals surface area contributed by atoms with Crippen LogP contribution < -0.4 is 5.14 Å². The van der Waals surface area contributed by atoms with Crippen LogP contribution >= 0.6 is 0 Å². The van der Waals surface area contributed by atoms with E-state index in [-0.39, 0.29) is 16.2 Å². The molecule has 1 aromatic carbocycles. The fraction of sp³-hybridized carbons (Fsp3) is 0.655. The van der Waals surface area contributed by atoms with Gasteiger partial charge in [0.1, 0.15) is 4.90 Å². The Labute approximate surface area is 229 Å². The number of hydrogen-bond acceptors (Lipinski definition) is 4. The number of sulfonamides is 2. The third-order valence-corrected chi connectivity index (χ3v) is 11.4. The molecule has 1 fully saturated rings. The molecule has 0 amide bonds. The lowest BCUT2D eigenvalue weighted by atomic mass is 9.86. The predicted octanol–water partition coefficient (Wildman–Crippen LogP) is 6.10. The Hall–Kier alpha value is -1.68.